The monoisotopic (exact) mass is 346 g/mol. The minimum absolute atomic E-state index is 0.246. The first kappa shape index (κ1) is 19.5. The van der Waals surface area contributed by atoms with Crippen LogP contribution in [0.3, 0.4) is 0 Å². The van der Waals surface area contributed by atoms with E-state index in [0.29, 0.717) is 19.4 Å². The van der Waals surface area contributed by atoms with Crippen molar-refractivity contribution in [3.63, 3.8) is 0 Å². The van der Waals surface area contributed by atoms with Gasteiger partial charge in [0.05, 0.1) is 17.9 Å². The summed E-state index contributed by atoms with van der Waals surface area (Å²) in [6, 6.07) is 10.4. The fourth-order valence-corrected chi connectivity index (χ4v) is 3.87. The van der Waals surface area contributed by atoms with E-state index in [1.54, 1.807) is 0 Å². The van der Waals surface area contributed by atoms with Gasteiger partial charge in [-0.05, 0) is 56.4 Å². The molecule has 0 amide bonds. The molecule has 4 heteroatoms. The maximum Gasteiger partial charge on any atom is 0.312 e. The molecule has 0 radical (unpaired) electrons. The molecule has 0 aliphatic heterocycles. The summed E-state index contributed by atoms with van der Waals surface area (Å²) in [7, 11) is 0. The number of hydrogen-bond acceptors (Lipinski definition) is 3. The van der Waals surface area contributed by atoms with Crippen molar-refractivity contribution in [3.8, 4) is 0 Å². The third kappa shape index (κ3) is 4.23. The molecule has 1 fully saturated rings. The van der Waals surface area contributed by atoms with Crippen LogP contribution < -0.4 is 0 Å². The molecule has 1 saturated carbocycles. The number of hydrogen-bond donors (Lipinski definition) is 1. The summed E-state index contributed by atoms with van der Waals surface area (Å²) >= 11 is 0. The molecule has 2 atom stereocenters. The van der Waals surface area contributed by atoms with Crippen LogP contribution in [0.1, 0.15) is 58.4 Å². The Hall–Kier alpha value is -1.84. The van der Waals surface area contributed by atoms with Gasteiger partial charge in [-0.15, -0.1) is 0 Å². The zero-order valence-electron chi connectivity index (χ0n) is 15.6. The number of carboxylic acid groups (broad SMARTS) is 1. The van der Waals surface area contributed by atoms with E-state index in [9.17, 15) is 14.7 Å². The molecule has 25 heavy (non-hydrogen) atoms. The summed E-state index contributed by atoms with van der Waals surface area (Å²) in [5.41, 5.74) is 0.0166. The summed E-state index contributed by atoms with van der Waals surface area (Å²) in [6.45, 7) is 6.02. The molecular formula is C21H30O4. The van der Waals surface area contributed by atoms with Crippen molar-refractivity contribution in [2.45, 2.75) is 59.3 Å². The second-order valence-electron chi connectivity index (χ2n) is 7.92. The largest absolute Gasteiger partial charge is 0.481 e. The highest BCUT2D eigenvalue weighted by Gasteiger charge is 2.59. The number of benzene rings is 1. The smallest absolute Gasteiger partial charge is 0.312 e. The van der Waals surface area contributed by atoms with E-state index in [1.807, 2.05) is 39.0 Å². The maximum absolute atomic E-state index is 12.6. The lowest BCUT2D eigenvalue weighted by Crippen LogP contribution is -2.43. The number of ether oxygens (including phenoxy) is 1. The van der Waals surface area contributed by atoms with Gasteiger partial charge in [0, 0.05) is 0 Å². The van der Waals surface area contributed by atoms with Crippen LogP contribution in [0.15, 0.2) is 30.3 Å². The van der Waals surface area contributed by atoms with Crippen LogP contribution in [-0.2, 0) is 20.7 Å². The van der Waals surface area contributed by atoms with Crippen molar-refractivity contribution in [3.05, 3.63) is 35.9 Å². The molecule has 1 aliphatic carbocycles. The average molecular weight is 346 g/mol. The Morgan fingerprint density at radius 2 is 1.80 bits per heavy atom. The quantitative estimate of drug-likeness (QED) is 0.557. The van der Waals surface area contributed by atoms with Crippen LogP contribution in [0.4, 0.5) is 0 Å². The van der Waals surface area contributed by atoms with Crippen LogP contribution in [0.5, 0.6) is 0 Å². The Bertz CT molecular complexity index is 593. The maximum atomic E-state index is 12.6. The Kier molecular flexibility index (Phi) is 6.26. The molecule has 4 nitrogen and oxygen atoms in total. The van der Waals surface area contributed by atoms with E-state index in [1.165, 1.54) is 5.56 Å². The predicted octanol–water partition coefficient (Wildman–Crippen LogP) is 4.47. The van der Waals surface area contributed by atoms with E-state index in [0.717, 1.165) is 25.7 Å². The molecule has 1 N–H and O–H groups in total. The lowest BCUT2D eigenvalue weighted by Gasteiger charge is -2.38. The fraction of sp³-hybridized carbons (Fsp3) is 0.619. The molecule has 0 aromatic heterocycles. The second kappa shape index (κ2) is 8.03. The topological polar surface area (TPSA) is 63.6 Å². The predicted molar refractivity (Wildman–Crippen MR) is 97.2 cm³/mol. The van der Waals surface area contributed by atoms with Gasteiger partial charge in [0.25, 0.3) is 0 Å². The molecule has 2 rings (SSSR count). The van der Waals surface area contributed by atoms with Crippen molar-refractivity contribution < 1.29 is 19.4 Å². The average Bonchev–Trinajstić information content (AvgIpc) is 2.82. The van der Waals surface area contributed by atoms with E-state index in [2.05, 4.69) is 12.1 Å². The highest BCUT2D eigenvalue weighted by atomic mass is 16.5. The Morgan fingerprint density at radius 1 is 1.12 bits per heavy atom. The molecule has 1 aromatic rings. The SMILES string of the molecule is CC1(C(=O)OCCCCCc2ccccc2)CCC(C(=O)O)C1(C)C. The zero-order valence-corrected chi connectivity index (χ0v) is 15.6. The van der Waals surface area contributed by atoms with Gasteiger partial charge in [-0.25, -0.2) is 0 Å². The molecular weight excluding hydrogens is 316 g/mol. The van der Waals surface area contributed by atoms with Gasteiger partial charge in [-0.2, -0.15) is 0 Å². The van der Waals surface area contributed by atoms with Crippen molar-refractivity contribution in [1.29, 1.82) is 0 Å². The Morgan fingerprint density at radius 3 is 2.40 bits per heavy atom. The van der Waals surface area contributed by atoms with Crippen LogP contribution in [0.25, 0.3) is 0 Å². The highest BCUT2D eigenvalue weighted by Crippen LogP contribution is 2.56. The number of carbonyl (C=O) groups excluding carboxylic acids is 1. The van der Waals surface area contributed by atoms with Gasteiger partial charge in [0.2, 0.25) is 0 Å². The standard InChI is InChI=1S/C21H30O4/c1-20(2)17(18(22)23)13-14-21(20,3)19(24)25-15-9-5-8-12-16-10-6-4-7-11-16/h4,6-7,10-11,17H,5,8-9,12-15H2,1-3H3,(H,22,23). The van der Waals surface area contributed by atoms with Crippen LogP contribution in [0, 0.1) is 16.7 Å². The number of carboxylic acids is 1. The molecule has 0 spiro atoms. The minimum atomic E-state index is -0.817. The summed E-state index contributed by atoms with van der Waals surface area (Å²) < 4.78 is 5.51. The van der Waals surface area contributed by atoms with Crippen LogP contribution in [0.2, 0.25) is 0 Å². The summed E-state index contributed by atoms with van der Waals surface area (Å²) in [5.74, 6) is -1.55. The molecule has 1 aliphatic rings. The van der Waals surface area contributed by atoms with E-state index >= 15 is 0 Å². The Labute approximate surface area is 150 Å². The van der Waals surface area contributed by atoms with Gasteiger partial charge in [0.15, 0.2) is 0 Å². The summed E-state index contributed by atoms with van der Waals surface area (Å²) in [4.78, 5) is 24.0. The summed E-state index contributed by atoms with van der Waals surface area (Å²) in [5, 5.41) is 9.38. The number of esters is 1. The highest BCUT2D eigenvalue weighted by molar-refractivity contribution is 5.81. The summed E-state index contributed by atoms with van der Waals surface area (Å²) in [6.07, 6.45) is 5.08. The van der Waals surface area contributed by atoms with Gasteiger partial charge >= 0.3 is 11.9 Å². The van der Waals surface area contributed by atoms with E-state index < -0.39 is 22.7 Å². The number of aliphatic carboxylic acids is 1. The van der Waals surface area contributed by atoms with Crippen LogP contribution in [-0.4, -0.2) is 23.7 Å². The first-order valence-electron chi connectivity index (χ1n) is 9.23. The fourth-order valence-electron chi connectivity index (χ4n) is 3.87. The number of carbonyl (C=O) groups is 2. The normalized spacial score (nSPS) is 24.8. The van der Waals surface area contributed by atoms with Gasteiger partial charge < -0.3 is 9.84 Å². The van der Waals surface area contributed by atoms with Crippen molar-refractivity contribution in [2.24, 2.45) is 16.7 Å². The minimum Gasteiger partial charge on any atom is -0.481 e. The number of rotatable bonds is 8. The molecule has 0 bridgehead atoms. The van der Waals surface area contributed by atoms with Crippen molar-refractivity contribution in [1.82, 2.24) is 0 Å². The second-order valence-corrected chi connectivity index (χ2v) is 7.92. The van der Waals surface area contributed by atoms with E-state index in [4.69, 9.17) is 4.74 Å². The van der Waals surface area contributed by atoms with Crippen molar-refractivity contribution >= 4 is 11.9 Å². The van der Waals surface area contributed by atoms with Crippen LogP contribution >= 0.6 is 0 Å². The molecule has 0 heterocycles. The van der Waals surface area contributed by atoms with Gasteiger partial charge in [0.1, 0.15) is 0 Å². The third-order valence-electron chi connectivity index (χ3n) is 6.16. The van der Waals surface area contributed by atoms with Gasteiger partial charge in [-0.3, -0.25) is 9.59 Å². The first-order chi connectivity index (χ1) is 11.8. The Balaban J connectivity index is 1.74. The molecule has 1 aromatic carbocycles. The van der Waals surface area contributed by atoms with Crippen molar-refractivity contribution in [2.75, 3.05) is 6.61 Å². The first-order valence-corrected chi connectivity index (χ1v) is 9.23. The number of unbranched alkanes of at least 4 members (excludes halogenated alkanes) is 2. The lowest BCUT2D eigenvalue weighted by molar-refractivity contribution is -0.163. The third-order valence-corrected chi connectivity index (χ3v) is 6.16. The molecule has 2 unspecified atom stereocenters. The molecule has 0 saturated heterocycles. The van der Waals surface area contributed by atoms with E-state index in [-0.39, 0.29) is 5.97 Å². The lowest BCUT2D eigenvalue weighted by atomic mass is 9.65. The molecule has 138 valence electrons. The zero-order chi connectivity index (χ0) is 18.5. The van der Waals surface area contributed by atoms with Gasteiger partial charge in [-0.1, -0.05) is 44.2 Å². The number of aryl methyl sites for hydroxylation is 1.